The summed E-state index contributed by atoms with van der Waals surface area (Å²) in [5, 5.41) is 0. The fraction of sp³-hybridized carbons (Fsp3) is 0.200. The molecule has 1 atom stereocenters. The number of cyclic esters (lactones) is 1. The number of aliphatic imine (C=N–C) groups is 1. The maximum atomic E-state index is 12.2. The molecule has 0 fully saturated rings. The molecule has 2 rings (SSSR count). The van der Waals surface area contributed by atoms with Gasteiger partial charge in [-0.25, -0.2) is 9.79 Å². The minimum absolute atomic E-state index is 0.289. The quantitative estimate of drug-likeness (QED) is 0.690. The average molecular weight is 229 g/mol. The summed E-state index contributed by atoms with van der Waals surface area (Å²) >= 11 is 0. The molecule has 0 aliphatic carbocycles. The first-order chi connectivity index (χ1) is 7.48. The van der Waals surface area contributed by atoms with Crippen LogP contribution in [0.1, 0.15) is 5.56 Å². The topological polar surface area (TPSA) is 38.7 Å². The summed E-state index contributed by atoms with van der Waals surface area (Å²) in [4.78, 5) is 14.4. The average Bonchev–Trinajstić information content (AvgIpc) is 2.61. The van der Waals surface area contributed by atoms with Crippen molar-refractivity contribution < 1.29 is 22.7 Å². The van der Waals surface area contributed by atoms with Crippen LogP contribution in [0, 0.1) is 0 Å². The van der Waals surface area contributed by atoms with Crippen molar-refractivity contribution in [2.24, 2.45) is 4.99 Å². The monoisotopic (exact) mass is 229 g/mol. The predicted octanol–water partition coefficient (Wildman–Crippen LogP) is 1.92. The van der Waals surface area contributed by atoms with Crippen molar-refractivity contribution in [1.82, 2.24) is 0 Å². The second kappa shape index (κ2) is 3.62. The Morgan fingerprint density at radius 2 is 1.81 bits per heavy atom. The Labute approximate surface area is 88.6 Å². The lowest BCUT2D eigenvalue weighted by Gasteiger charge is -2.09. The summed E-state index contributed by atoms with van der Waals surface area (Å²) < 4.78 is 40.8. The first-order valence-corrected chi connectivity index (χ1v) is 4.39. The third kappa shape index (κ3) is 1.91. The van der Waals surface area contributed by atoms with E-state index in [1.807, 2.05) is 0 Å². The van der Waals surface area contributed by atoms with Gasteiger partial charge in [-0.3, -0.25) is 0 Å². The lowest BCUT2D eigenvalue weighted by Crippen LogP contribution is -2.27. The van der Waals surface area contributed by atoms with Gasteiger partial charge in [-0.05, 0) is 0 Å². The van der Waals surface area contributed by atoms with Crippen molar-refractivity contribution in [3.63, 3.8) is 0 Å². The molecule has 0 saturated heterocycles. The molecule has 0 radical (unpaired) electrons. The van der Waals surface area contributed by atoms with Crippen LogP contribution in [-0.2, 0) is 9.53 Å². The van der Waals surface area contributed by atoms with Crippen molar-refractivity contribution in [3.05, 3.63) is 35.9 Å². The van der Waals surface area contributed by atoms with Crippen molar-refractivity contribution >= 4 is 11.7 Å². The fourth-order valence-corrected chi connectivity index (χ4v) is 1.28. The van der Waals surface area contributed by atoms with E-state index in [4.69, 9.17) is 0 Å². The first kappa shape index (κ1) is 10.7. The zero-order valence-corrected chi connectivity index (χ0v) is 7.86. The van der Waals surface area contributed by atoms with E-state index in [1.165, 1.54) is 12.1 Å². The van der Waals surface area contributed by atoms with Gasteiger partial charge in [0.2, 0.25) is 0 Å². The van der Waals surface area contributed by atoms with Crippen LogP contribution in [0.4, 0.5) is 13.2 Å². The lowest BCUT2D eigenvalue weighted by molar-refractivity contribution is -0.210. The molecule has 1 aromatic carbocycles. The number of carbonyl (C=O) groups is 1. The third-order valence-corrected chi connectivity index (χ3v) is 1.99. The van der Waals surface area contributed by atoms with Gasteiger partial charge in [0.15, 0.2) is 5.71 Å². The Kier molecular flexibility index (Phi) is 2.41. The van der Waals surface area contributed by atoms with E-state index in [0.717, 1.165) is 0 Å². The second-order valence-corrected chi connectivity index (χ2v) is 3.14. The van der Waals surface area contributed by atoms with Gasteiger partial charge in [0, 0.05) is 5.56 Å². The van der Waals surface area contributed by atoms with E-state index in [9.17, 15) is 18.0 Å². The standard InChI is InChI=1S/C10H6F3NO2/c11-10(12,13)9-14-7(8(15)16-9)6-4-2-1-3-5-6/h1-5,9H/t9-/m1/s1. The number of hydrogen-bond acceptors (Lipinski definition) is 3. The lowest BCUT2D eigenvalue weighted by atomic mass is 10.1. The van der Waals surface area contributed by atoms with Gasteiger partial charge in [0.05, 0.1) is 0 Å². The molecule has 1 aliphatic heterocycles. The summed E-state index contributed by atoms with van der Waals surface area (Å²) in [6, 6.07) is 7.89. The number of alkyl halides is 3. The number of halogens is 3. The smallest absolute Gasteiger partial charge is 0.425 e. The van der Waals surface area contributed by atoms with Crippen LogP contribution in [0.2, 0.25) is 0 Å². The van der Waals surface area contributed by atoms with Gasteiger partial charge in [0.1, 0.15) is 0 Å². The molecule has 84 valence electrons. The molecule has 1 aliphatic rings. The summed E-state index contributed by atoms with van der Waals surface area (Å²) in [5.41, 5.74) is 0.0298. The van der Waals surface area contributed by atoms with Crippen LogP contribution in [-0.4, -0.2) is 24.1 Å². The predicted molar refractivity (Wildman–Crippen MR) is 48.9 cm³/mol. The van der Waals surface area contributed by atoms with Crippen LogP contribution in [0.3, 0.4) is 0 Å². The molecule has 0 aromatic heterocycles. The number of ether oxygens (including phenoxy) is 1. The van der Waals surface area contributed by atoms with E-state index in [1.54, 1.807) is 18.2 Å². The highest BCUT2D eigenvalue weighted by Crippen LogP contribution is 2.28. The van der Waals surface area contributed by atoms with Crippen LogP contribution < -0.4 is 0 Å². The van der Waals surface area contributed by atoms with E-state index in [2.05, 4.69) is 9.73 Å². The van der Waals surface area contributed by atoms with Gasteiger partial charge in [-0.1, -0.05) is 30.3 Å². The zero-order valence-electron chi connectivity index (χ0n) is 7.86. The number of nitrogens with zero attached hydrogens (tertiary/aromatic N) is 1. The van der Waals surface area contributed by atoms with Gasteiger partial charge < -0.3 is 4.74 Å². The normalized spacial score (nSPS) is 20.6. The Bertz CT molecular complexity index is 439. The fourth-order valence-electron chi connectivity index (χ4n) is 1.28. The highest BCUT2D eigenvalue weighted by molar-refractivity contribution is 6.44. The first-order valence-electron chi connectivity index (χ1n) is 4.39. The SMILES string of the molecule is O=C1O[C@H](C(F)(F)F)N=C1c1ccccc1. The van der Waals surface area contributed by atoms with Crippen LogP contribution in [0.5, 0.6) is 0 Å². The van der Waals surface area contributed by atoms with Crippen LogP contribution in [0.15, 0.2) is 35.3 Å². The molecule has 3 nitrogen and oxygen atoms in total. The molecule has 16 heavy (non-hydrogen) atoms. The van der Waals surface area contributed by atoms with Gasteiger partial charge in [-0.15, -0.1) is 0 Å². The minimum atomic E-state index is -4.66. The summed E-state index contributed by atoms with van der Waals surface area (Å²) in [7, 11) is 0. The van der Waals surface area contributed by atoms with Crippen molar-refractivity contribution in [3.8, 4) is 0 Å². The van der Waals surface area contributed by atoms with Crippen LogP contribution >= 0.6 is 0 Å². The van der Waals surface area contributed by atoms with Crippen molar-refractivity contribution in [1.29, 1.82) is 0 Å². The third-order valence-electron chi connectivity index (χ3n) is 1.99. The number of carbonyl (C=O) groups excluding carboxylic acids is 1. The molecular weight excluding hydrogens is 223 g/mol. The van der Waals surface area contributed by atoms with Gasteiger partial charge in [0.25, 0.3) is 6.23 Å². The van der Waals surface area contributed by atoms with Gasteiger partial charge >= 0.3 is 12.1 Å². The van der Waals surface area contributed by atoms with E-state index in [0.29, 0.717) is 5.56 Å². The Balaban J connectivity index is 2.33. The number of hydrogen-bond donors (Lipinski definition) is 0. The highest BCUT2D eigenvalue weighted by atomic mass is 19.4. The maximum absolute atomic E-state index is 12.2. The second-order valence-electron chi connectivity index (χ2n) is 3.14. The minimum Gasteiger partial charge on any atom is -0.425 e. The molecule has 0 amide bonds. The summed E-state index contributed by atoms with van der Waals surface area (Å²) in [6.45, 7) is 0. The molecule has 0 unspecified atom stereocenters. The Hall–Kier alpha value is -1.85. The van der Waals surface area contributed by atoms with Crippen LogP contribution in [0.25, 0.3) is 0 Å². The van der Waals surface area contributed by atoms with Gasteiger partial charge in [-0.2, -0.15) is 13.2 Å². The number of rotatable bonds is 1. The summed E-state index contributed by atoms with van der Waals surface area (Å²) in [5.74, 6) is -1.05. The Morgan fingerprint density at radius 1 is 1.19 bits per heavy atom. The molecule has 0 spiro atoms. The van der Waals surface area contributed by atoms with E-state index >= 15 is 0 Å². The van der Waals surface area contributed by atoms with E-state index in [-0.39, 0.29) is 5.71 Å². The number of esters is 1. The van der Waals surface area contributed by atoms with Crippen molar-refractivity contribution in [2.45, 2.75) is 12.4 Å². The molecule has 0 bridgehead atoms. The van der Waals surface area contributed by atoms with E-state index < -0.39 is 18.4 Å². The molecule has 0 saturated carbocycles. The molecule has 1 heterocycles. The molecule has 6 heteroatoms. The Morgan fingerprint density at radius 3 is 2.31 bits per heavy atom. The largest absolute Gasteiger partial charge is 0.447 e. The maximum Gasteiger partial charge on any atom is 0.447 e. The summed E-state index contributed by atoms with van der Waals surface area (Å²) in [6.07, 6.45) is -7.04. The van der Waals surface area contributed by atoms with Crippen molar-refractivity contribution in [2.75, 3.05) is 0 Å². The zero-order chi connectivity index (χ0) is 11.8. The molecule has 1 aromatic rings. The molecular formula is C10H6F3NO2. The highest BCUT2D eigenvalue weighted by Gasteiger charge is 2.47. The number of benzene rings is 1. The molecule has 0 N–H and O–H groups in total.